The summed E-state index contributed by atoms with van der Waals surface area (Å²) in [7, 11) is -2.00. The molecule has 0 radical (unpaired) electrons. The summed E-state index contributed by atoms with van der Waals surface area (Å²) in [5.41, 5.74) is 0.118. The Hall–Kier alpha value is -0.833. The summed E-state index contributed by atoms with van der Waals surface area (Å²) in [5, 5.41) is 9.53. The Morgan fingerprint density at radius 2 is 2.08 bits per heavy atom. The highest BCUT2D eigenvalue weighted by Gasteiger charge is 2.59. The van der Waals surface area contributed by atoms with Gasteiger partial charge in [0.25, 0.3) is 0 Å². The van der Waals surface area contributed by atoms with E-state index in [2.05, 4.69) is 33.9 Å². The molecule has 6 nitrogen and oxygen atoms in total. The Morgan fingerprint density at radius 1 is 1.42 bits per heavy atom. The lowest BCUT2D eigenvalue weighted by Gasteiger charge is -2.48. The predicted molar refractivity (Wildman–Crippen MR) is 103 cm³/mol. The van der Waals surface area contributed by atoms with Crippen LogP contribution in [-0.4, -0.2) is 54.4 Å². The lowest BCUT2D eigenvalue weighted by molar-refractivity contribution is -0.156. The Bertz CT molecular complexity index is 650. The Balaban J connectivity index is 1.78. The number of ether oxygens (including phenoxy) is 1. The highest BCUT2D eigenvalue weighted by molar-refractivity contribution is 8.04. The van der Waals surface area contributed by atoms with Crippen LogP contribution < -0.4 is 0 Å². The fourth-order valence-corrected chi connectivity index (χ4v) is 6.65. The maximum absolute atomic E-state index is 12.8. The number of β-lactam (4-membered cyclic amide) rings is 1. The largest absolute Gasteiger partial charge is 0.477 e. The molecule has 0 aromatic rings. The number of carboxylic acid groups (broad SMARTS) is 1. The van der Waals surface area contributed by atoms with Gasteiger partial charge in [-0.25, -0.2) is 4.79 Å². The number of carboxylic acids is 1. The second-order valence-corrected chi connectivity index (χ2v) is 14.8. The Morgan fingerprint density at radius 3 is 2.58 bits per heavy atom. The molecule has 26 heavy (non-hydrogen) atoms. The first kappa shape index (κ1) is 19.9. The third-order valence-electron chi connectivity index (χ3n) is 6.02. The molecule has 0 aromatic carbocycles. The Kier molecular flexibility index (Phi) is 5.09. The standard InChI is InChI=1S/C18H29NO5SSi/c1-10(24-26(5,6)18(2,3)4)12-15(20)19-13(17(21)22)14(25-16(12)19)11-8-7-9-23-11/h10-12,16H,7-9H2,1-6H3,(H,21,22)/t10-,11?,12+,16-/m1/s1. The van der Waals surface area contributed by atoms with E-state index in [9.17, 15) is 14.7 Å². The van der Waals surface area contributed by atoms with E-state index in [0.717, 1.165) is 12.8 Å². The molecule has 1 amide bonds. The first-order valence-corrected chi connectivity index (χ1v) is 13.0. The van der Waals surface area contributed by atoms with Crippen molar-refractivity contribution in [2.45, 2.75) is 76.3 Å². The molecule has 2 fully saturated rings. The number of fused-ring (bicyclic) bond motifs is 1. The molecular formula is C18H29NO5SSi. The van der Waals surface area contributed by atoms with Gasteiger partial charge in [0, 0.05) is 11.5 Å². The number of thioether (sulfide) groups is 1. The van der Waals surface area contributed by atoms with E-state index < -0.39 is 14.3 Å². The van der Waals surface area contributed by atoms with Crippen LogP contribution in [0.1, 0.15) is 40.5 Å². The first-order valence-electron chi connectivity index (χ1n) is 9.22. The lowest BCUT2D eigenvalue weighted by Crippen LogP contribution is -2.62. The highest BCUT2D eigenvalue weighted by Crippen LogP contribution is 2.53. The number of rotatable bonds is 5. The summed E-state index contributed by atoms with van der Waals surface area (Å²) < 4.78 is 12.1. The molecule has 0 aliphatic carbocycles. The van der Waals surface area contributed by atoms with E-state index in [1.54, 1.807) is 0 Å². The van der Waals surface area contributed by atoms with Crippen LogP contribution in [0.3, 0.4) is 0 Å². The summed E-state index contributed by atoms with van der Waals surface area (Å²) in [6, 6.07) is 0. The van der Waals surface area contributed by atoms with Crippen molar-refractivity contribution in [1.29, 1.82) is 0 Å². The van der Waals surface area contributed by atoms with E-state index in [-0.39, 0.29) is 40.1 Å². The van der Waals surface area contributed by atoms with Gasteiger partial charge in [-0.1, -0.05) is 32.5 Å². The molecule has 8 heteroatoms. The molecule has 0 spiro atoms. The molecule has 3 aliphatic rings. The van der Waals surface area contributed by atoms with Crippen molar-refractivity contribution in [2.75, 3.05) is 6.61 Å². The van der Waals surface area contributed by atoms with Crippen LogP contribution in [-0.2, 0) is 18.8 Å². The molecule has 3 aliphatic heterocycles. The van der Waals surface area contributed by atoms with Gasteiger partial charge in [-0.05, 0) is 37.9 Å². The van der Waals surface area contributed by atoms with Crippen LogP contribution in [0.4, 0.5) is 0 Å². The zero-order chi connectivity index (χ0) is 19.4. The summed E-state index contributed by atoms with van der Waals surface area (Å²) in [6.07, 6.45) is 1.32. The number of nitrogens with zero attached hydrogens (tertiary/aromatic N) is 1. The number of carbonyl (C=O) groups is 2. The normalized spacial score (nSPS) is 30.5. The maximum atomic E-state index is 12.8. The Labute approximate surface area is 160 Å². The minimum atomic E-state index is -2.00. The average Bonchev–Trinajstić information content (AvgIpc) is 3.10. The predicted octanol–water partition coefficient (Wildman–Crippen LogP) is 3.40. The van der Waals surface area contributed by atoms with Gasteiger partial charge in [-0.2, -0.15) is 0 Å². The quantitative estimate of drug-likeness (QED) is 0.564. The van der Waals surface area contributed by atoms with Crippen LogP contribution in [0.25, 0.3) is 0 Å². The number of carbonyl (C=O) groups excluding carboxylic acids is 1. The second kappa shape index (κ2) is 6.65. The third-order valence-corrected chi connectivity index (χ3v) is 12.1. The number of hydrogen-bond donors (Lipinski definition) is 1. The molecular weight excluding hydrogens is 370 g/mol. The number of amides is 1. The van der Waals surface area contributed by atoms with Crippen LogP contribution in [0.15, 0.2) is 10.6 Å². The molecule has 3 rings (SSSR count). The van der Waals surface area contributed by atoms with Crippen molar-refractivity contribution in [3.8, 4) is 0 Å². The van der Waals surface area contributed by atoms with Gasteiger partial charge < -0.3 is 14.3 Å². The zero-order valence-corrected chi connectivity index (χ0v) is 18.2. The van der Waals surface area contributed by atoms with E-state index in [1.807, 2.05) is 6.92 Å². The molecule has 4 atom stereocenters. The average molecular weight is 400 g/mol. The number of aliphatic carboxylic acids is 1. The fraction of sp³-hybridized carbons (Fsp3) is 0.778. The van der Waals surface area contributed by atoms with Gasteiger partial charge in [-0.3, -0.25) is 9.69 Å². The van der Waals surface area contributed by atoms with Gasteiger partial charge in [0.05, 0.1) is 18.1 Å². The first-order chi connectivity index (χ1) is 12.0. The summed E-state index contributed by atoms with van der Waals surface area (Å²) in [6.45, 7) is 13.5. The van der Waals surface area contributed by atoms with E-state index in [1.165, 1.54) is 16.7 Å². The van der Waals surface area contributed by atoms with Gasteiger partial charge in [0.1, 0.15) is 11.1 Å². The van der Waals surface area contributed by atoms with Crippen molar-refractivity contribution < 1.29 is 23.9 Å². The van der Waals surface area contributed by atoms with Crippen molar-refractivity contribution in [1.82, 2.24) is 4.90 Å². The summed E-state index contributed by atoms with van der Waals surface area (Å²) in [5.74, 6) is -1.49. The van der Waals surface area contributed by atoms with Crippen LogP contribution >= 0.6 is 11.8 Å². The van der Waals surface area contributed by atoms with Gasteiger partial charge in [-0.15, -0.1) is 0 Å². The van der Waals surface area contributed by atoms with Crippen LogP contribution in [0, 0.1) is 5.92 Å². The van der Waals surface area contributed by atoms with Crippen molar-refractivity contribution in [2.24, 2.45) is 5.92 Å². The molecule has 1 unspecified atom stereocenters. The zero-order valence-electron chi connectivity index (χ0n) is 16.4. The highest BCUT2D eigenvalue weighted by atomic mass is 32.2. The van der Waals surface area contributed by atoms with Crippen molar-refractivity contribution in [3.63, 3.8) is 0 Å². The minimum absolute atomic E-state index is 0.0594. The van der Waals surface area contributed by atoms with E-state index in [0.29, 0.717) is 11.5 Å². The van der Waals surface area contributed by atoms with Crippen molar-refractivity contribution in [3.05, 3.63) is 10.6 Å². The molecule has 1 N–H and O–H groups in total. The third kappa shape index (κ3) is 3.14. The summed E-state index contributed by atoms with van der Waals surface area (Å²) in [4.78, 5) is 26.7. The maximum Gasteiger partial charge on any atom is 0.353 e. The SMILES string of the molecule is C[C@@H](O[Si](C)(C)C(C)(C)C)[C@H]1C(=O)N2C(C(=O)O)=C(C3CCCO3)S[C@H]12. The fourth-order valence-electron chi connectivity index (χ4n) is 3.52. The molecule has 2 saturated heterocycles. The topological polar surface area (TPSA) is 76.1 Å². The minimum Gasteiger partial charge on any atom is -0.477 e. The molecule has 0 saturated carbocycles. The lowest BCUT2D eigenvalue weighted by atomic mass is 9.92. The van der Waals surface area contributed by atoms with Gasteiger partial charge in [0.2, 0.25) is 5.91 Å². The monoisotopic (exact) mass is 399 g/mol. The van der Waals surface area contributed by atoms with E-state index >= 15 is 0 Å². The summed E-state index contributed by atoms with van der Waals surface area (Å²) >= 11 is 1.48. The van der Waals surface area contributed by atoms with Gasteiger partial charge in [0.15, 0.2) is 8.32 Å². The molecule has 3 heterocycles. The molecule has 0 bridgehead atoms. The smallest absolute Gasteiger partial charge is 0.353 e. The van der Waals surface area contributed by atoms with Gasteiger partial charge >= 0.3 is 5.97 Å². The van der Waals surface area contributed by atoms with Crippen molar-refractivity contribution >= 4 is 32.0 Å². The molecule has 146 valence electrons. The second-order valence-electron chi connectivity index (χ2n) is 8.85. The number of hydrogen-bond acceptors (Lipinski definition) is 5. The van der Waals surface area contributed by atoms with Crippen LogP contribution in [0.2, 0.25) is 18.1 Å². The van der Waals surface area contributed by atoms with E-state index in [4.69, 9.17) is 9.16 Å². The van der Waals surface area contributed by atoms with Crippen LogP contribution in [0.5, 0.6) is 0 Å². The molecule has 0 aromatic heterocycles.